The number of hydrogen-bond acceptors (Lipinski definition) is 10. The number of carbonyl (C=O) groups is 2. The van der Waals surface area contributed by atoms with E-state index in [4.69, 9.17) is 14.2 Å². The quantitative estimate of drug-likeness (QED) is 0.0195. The van der Waals surface area contributed by atoms with E-state index in [0.717, 1.165) is 128 Å². The van der Waals surface area contributed by atoms with E-state index in [1.54, 1.807) is 6.08 Å². The first-order valence-corrected chi connectivity index (χ1v) is 36.8. The Balaban J connectivity index is 2.57. The van der Waals surface area contributed by atoms with Gasteiger partial charge >= 0.3 is 5.97 Å². The van der Waals surface area contributed by atoms with Gasteiger partial charge in [-0.3, -0.25) is 9.59 Å². The Morgan fingerprint density at radius 3 is 1.22 bits per heavy atom. The Kier molecular flexibility index (Phi) is 60.8. The highest BCUT2D eigenvalue weighted by molar-refractivity contribution is 5.80. The lowest BCUT2D eigenvalue weighted by molar-refractivity contribution is -0.305. The average Bonchev–Trinajstić information content (AvgIpc) is 3.71. The Labute approximate surface area is 550 Å². The number of hydrogen-bond donors (Lipinski definition) is 6. The van der Waals surface area contributed by atoms with E-state index in [2.05, 4.69) is 135 Å². The van der Waals surface area contributed by atoms with Crippen molar-refractivity contribution in [3.8, 4) is 0 Å². The van der Waals surface area contributed by atoms with Crippen LogP contribution in [0.4, 0.5) is 0 Å². The molecular weight excluding hydrogens is 1120 g/mol. The van der Waals surface area contributed by atoms with Crippen LogP contribution in [0, 0.1) is 0 Å². The maximum absolute atomic E-state index is 13.5. The van der Waals surface area contributed by atoms with Crippen LogP contribution in [0.15, 0.2) is 122 Å². The molecule has 6 N–H and O–H groups in total. The molecule has 11 heteroatoms. The third kappa shape index (κ3) is 51.6. The Bertz CT molecular complexity index is 1930. The van der Waals surface area contributed by atoms with Crippen LogP contribution in [0.1, 0.15) is 303 Å². The SMILES string of the molecule is CC/C=C\C/C=C\C/C=C\C/C=C\C/C=C\C/C=C\CCCCCCCCCCC(=O)OC1C(OCC(NC(=O)C(O)CCCCCCCCCCC/C=C\C/C=C\C/C=C\CCCCC)C(O)/C=C/CCCCCCCCCCCC)OC(CO)C(O)C1O. The summed E-state index contributed by atoms with van der Waals surface area (Å²) < 4.78 is 17.7. The van der Waals surface area contributed by atoms with Crippen LogP contribution >= 0.6 is 0 Å². The topological polar surface area (TPSA) is 175 Å². The molecule has 0 aromatic rings. The van der Waals surface area contributed by atoms with E-state index in [1.165, 1.54) is 128 Å². The van der Waals surface area contributed by atoms with Crippen molar-refractivity contribution in [3.63, 3.8) is 0 Å². The molecule has 0 radical (unpaired) electrons. The highest BCUT2D eigenvalue weighted by atomic mass is 16.7. The summed E-state index contributed by atoms with van der Waals surface area (Å²) in [4.78, 5) is 26.7. The molecule has 0 spiro atoms. The van der Waals surface area contributed by atoms with Crippen LogP contribution in [0.5, 0.6) is 0 Å². The highest BCUT2D eigenvalue weighted by Crippen LogP contribution is 2.26. The van der Waals surface area contributed by atoms with Gasteiger partial charge in [0.2, 0.25) is 5.91 Å². The largest absolute Gasteiger partial charge is 0.454 e. The van der Waals surface area contributed by atoms with Crippen molar-refractivity contribution in [2.24, 2.45) is 0 Å². The molecule has 90 heavy (non-hydrogen) atoms. The molecule has 516 valence electrons. The van der Waals surface area contributed by atoms with Gasteiger partial charge in [0.1, 0.15) is 24.4 Å². The first-order chi connectivity index (χ1) is 44.2. The average molecular weight is 1260 g/mol. The van der Waals surface area contributed by atoms with E-state index in [9.17, 15) is 35.1 Å². The van der Waals surface area contributed by atoms with Crippen LogP contribution in [0.2, 0.25) is 0 Å². The lowest BCUT2D eigenvalue weighted by Gasteiger charge is -2.41. The number of unbranched alkanes of at least 4 members (excludes halogenated alkanes) is 30. The van der Waals surface area contributed by atoms with Crippen molar-refractivity contribution in [1.82, 2.24) is 5.32 Å². The molecule has 0 aliphatic carbocycles. The molecule has 0 saturated carbocycles. The first-order valence-electron chi connectivity index (χ1n) is 36.8. The van der Waals surface area contributed by atoms with Gasteiger partial charge in [0.15, 0.2) is 12.4 Å². The van der Waals surface area contributed by atoms with Gasteiger partial charge in [-0.15, -0.1) is 0 Å². The second-order valence-electron chi connectivity index (χ2n) is 24.9. The molecule has 8 unspecified atom stereocenters. The highest BCUT2D eigenvalue weighted by Gasteiger charge is 2.47. The summed E-state index contributed by atoms with van der Waals surface area (Å²) in [7, 11) is 0. The van der Waals surface area contributed by atoms with Crippen LogP contribution in [0.3, 0.4) is 0 Å². The van der Waals surface area contributed by atoms with Gasteiger partial charge in [-0.25, -0.2) is 0 Å². The number of aliphatic hydroxyl groups excluding tert-OH is 5. The molecule has 0 bridgehead atoms. The van der Waals surface area contributed by atoms with Gasteiger partial charge in [-0.1, -0.05) is 303 Å². The minimum atomic E-state index is -1.63. The molecule has 8 atom stereocenters. The zero-order chi connectivity index (χ0) is 65.3. The molecule has 0 aromatic carbocycles. The predicted octanol–water partition coefficient (Wildman–Crippen LogP) is 19.3. The predicted molar refractivity (Wildman–Crippen MR) is 379 cm³/mol. The minimum Gasteiger partial charge on any atom is -0.454 e. The zero-order valence-electron chi connectivity index (χ0n) is 57.5. The van der Waals surface area contributed by atoms with Crippen molar-refractivity contribution in [2.75, 3.05) is 13.2 Å². The van der Waals surface area contributed by atoms with E-state index >= 15 is 0 Å². The number of esters is 1. The van der Waals surface area contributed by atoms with E-state index in [-0.39, 0.29) is 19.4 Å². The van der Waals surface area contributed by atoms with Crippen molar-refractivity contribution < 1.29 is 49.3 Å². The number of nitrogens with one attached hydrogen (secondary N) is 1. The van der Waals surface area contributed by atoms with Crippen LogP contribution < -0.4 is 5.32 Å². The molecule has 1 aliphatic heterocycles. The standard InChI is InChI=1S/C79H135NO10/c1-4-7-10-13-16-19-22-25-27-29-31-33-35-36-37-38-39-41-43-45-47-49-52-55-58-61-64-67-74(84)90-77-76(86)75(85)73(68-81)89-79(77)88-69-70(71(82)65-62-59-56-53-50-24-21-18-15-12-9-6-3)80-78(87)72(83)66-63-60-57-54-51-48-46-44-42-40-34-32-30-28-26-23-20-17-14-11-8-5-2/h7,10,16-17,19-20,25-28,31-34,36-37,39,41,62,65,70-73,75-77,79,81-83,85-86H,4-6,8-9,11-15,18,21-24,29-30,35,38,40,42-61,63-64,66-69H2,1-3H3,(H,80,87)/b10-7-,19-16-,20-17-,27-25-,28-26-,33-31-,34-32-,37-36-,41-39-,65-62+. The smallest absolute Gasteiger partial charge is 0.306 e. The van der Waals surface area contributed by atoms with Gasteiger partial charge in [-0.2, -0.15) is 0 Å². The Morgan fingerprint density at radius 1 is 0.444 bits per heavy atom. The molecule has 1 aliphatic rings. The van der Waals surface area contributed by atoms with E-state index in [1.807, 2.05) is 6.08 Å². The number of rotatable bonds is 62. The van der Waals surface area contributed by atoms with Gasteiger partial charge in [0, 0.05) is 6.42 Å². The summed E-state index contributed by atoms with van der Waals surface area (Å²) in [5.41, 5.74) is 0. The van der Waals surface area contributed by atoms with Gasteiger partial charge < -0.3 is 45.1 Å². The molecule has 1 amide bonds. The molecule has 1 heterocycles. The number of carbonyl (C=O) groups excluding carboxylic acids is 2. The summed E-state index contributed by atoms with van der Waals surface area (Å²) >= 11 is 0. The third-order valence-electron chi connectivity index (χ3n) is 16.6. The maximum atomic E-state index is 13.5. The first kappa shape index (κ1) is 84.1. The molecule has 0 aromatic heterocycles. The summed E-state index contributed by atoms with van der Waals surface area (Å²) in [6.45, 7) is 5.66. The molecule has 1 saturated heterocycles. The summed E-state index contributed by atoms with van der Waals surface area (Å²) in [5.74, 6) is -1.21. The fraction of sp³-hybridized carbons (Fsp3) is 0.722. The molecule has 1 rings (SSSR count). The van der Waals surface area contributed by atoms with E-state index in [0.29, 0.717) is 12.8 Å². The molecule has 1 fully saturated rings. The van der Waals surface area contributed by atoms with Gasteiger partial charge in [0.05, 0.1) is 25.4 Å². The van der Waals surface area contributed by atoms with Crippen LogP contribution in [-0.4, -0.2) is 99.6 Å². The number of aliphatic hydroxyl groups is 5. The molecular formula is C79H135NO10. The minimum absolute atomic E-state index is 0.107. The number of allylic oxidation sites excluding steroid dienone is 19. The van der Waals surface area contributed by atoms with E-state index < -0.39 is 67.4 Å². The Hall–Kier alpha value is -3.94. The normalized spacial score (nSPS) is 18.8. The third-order valence-corrected chi connectivity index (χ3v) is 16.6. The number of ether oxygens (including phenoxy) is 3. The second kappa shape index (κ2) is 65.1. The monoisotopic (exact) mass is 1260 g/mol. The fourth-order valence-electron chi connectivity index (χ4n) is 10.8. The van der Waals surface area contributed by atoms with Gasteiger partial charge in [-0.05, 0) is 116 Å². The zero-order valence-corrected chi connectivity index (χ0v) is 57.5. The van der Waals surface area contributed by atoms with Crippen molar-refractivity contribution in [1.29, 1.82) is 0 Å². The number of amides is 1. The van der Waals surface area contributed by atoms with Crippen molar-refractivity contribution in [3.05, 3.63) is 122 Å². The van der Waals surface area contributed by atoms with Crippen molar-refractivity contribution >= 4 is 11.9 Å². The summed E-state index contributed by atoms with van der Waals surface area (Å²) in [6.07, 6.45) is 80.8. The fourth-order valence-corrected chi connectivity index (χ4v) is 10.8. The maximum Gasteiger partial charge on any atom is 0.306 e. The van der Waals surface area contributed by atoms with Gasteiger partial charge in [0.25, 0.3) is 0 Å². The lowest BCUT2D eigenvalue weighted by atomic mass is 9.99. The summed E-state index contributed by atoms with van der Waals surface area (Å²) in [6, 6.07) is -1.04. The lowest BCUT2D eigenvalue weighted by Crippen LogP contribution is -2.61. The molecule has 11 nitrogen and oxygen atoms in total. The van der Waals surface area contributed by atoms with Crippen molar-refractivity contribution in [2.45, 2.75) is 352 Å². The summed E-state index contributed by atoms with van der Waals surface area (Å²) in [5, 5.41) is 57.3. The van der Waals surface area contributed by atoms with Crippen LogP contribution in [-0.2, 0) is 23.8 Å². The van der Waals surface area contributed by atoms with Crippen LogP contribution in [0.25, 0.3) is 0 Å². The second-order valence-corrected chi connectivity index (χ2v) is 24.9. The Morgan fingerprint density at radius 2 is 0.800 bits per heavy atom.